The largest absolute Gasteiger partial charge is 0.490 e. The van der Waals surface area contributed by atoms with Crippen molar-refractivity contribution < 1.29 is 13.9 Å². The van der Waals surface area contributed by atoms with E-state index in [0.29, 0.717) is 17.9 Å². The average molecular weight is 243 g/mol. The lowest BCUT2D eigenvalue weighted by atomic mass is 10.0. The molecule has 0 bridgehead atoms. The van der Waals surface area contributed by atoms with Crippen LogP contribution in [0.2, 0.25) is 0 Å². The molecule has 0 amide bonds. The number of benzene rings is 1. The molecule has 0 atom stereocenters. The van der Waals surface area contributed by atoms with Crippen LogP contribution in [0.25, 0.3) is 0 Å². The van der Waals surface area contributed by atoms with E-state index in [1.807, 2.05) is 0 Å². The van der Waals surface area contributed by atoms with Gasteiger partial charge in [-0.15, -0.1) is 11.6 Å². The molecular weight excluding hydrogens is 231 g/mol. The van der Waals surface area contributed by atoms with Gasteiger partial charge in [-0.1, -0.05) is 0 Å². The lowest BCUT2D eigenvalue weighted by molar-refractivity contribution is 0.102. The molecule has 4 heteroatoms. The zero-order valence-electron chi connectivity index (χ0n) is 8.76. The molecule has 1 aromatic carbocycles. The van der Waals surface area contributed by atoms with Crippen LogP contribution in [0.15, 0.2) is 12.1 Å². The summed E-state index contributed by atoms with van der Waals surface area (Å²) in [6.45, 7) is 0.534. The Morgan fingerprint density at radius 2 is 2.25 bits per heavy atom. The Kier molecular flexibility index (Phi) is 3.44. The van der Waals surface area contributed by atoms with Gasteiger partial charge in [-0.2, -0.15) is 0 Å². The van der Waals surface area contributed by atoms with E-state index in [-0.39, 0.29) is 11.7 Å². The number of carbonyl (C=O) groups is 1. The summed E-state index contributed by atoms with van der Waals surface area (Å²) in [7, 11) is 0. The van der Waals surface area contributed by atoms with Crippen LogP contribution in [0.4, 0.5) is 4.39 Å². The molecule has 0 fully saturated rings. The standard InChI is InChI=1S/C12H12ClFO2/c13-7-11(15)9-5-8-3-1-2-4-16-12(8)10(14)6-9/h5-6H,1-4,7H2. The average Bonchev–Trinajstić information content (AvgIpc) is 2.53. The Bertz CT molecular complexity index is 418. The first-order chi connectivity index (χ1) is 7.72. The van der Waals surface area contributed by atoms with E-state index in [9.17, 15) is 9.18 Å². The molecule has 2 rings (SSSR count). The van der Waals surface area contributed by atoms with Gasteiger partial charge in [0.2, 0.25) is 0 Å². The van der Waals surface area contributed by atoms with Gasteiger partial charge in [-0.3, -0.25) is 4.79 Å². The van der Waals surface area contributed by atoms with Crippen LogP contribution in [-0.2, 0) is 6.42 Å². The monoisotopic (exact) mass is 242 g/mol. The summed E-state index contributed by atoms with van der Waals surface area (Å²) in [6, 6.07) is 2.89. The molecule has 0 aliphatic carbocycles. The summed E-state index contributed by atoms with van der Waals surface area (Å²) in [5.41, 5.74) is 1.10. The smallest absolute Gasteiger partial charge is 0.177 e. The van der Waals surface area contributed by atoms with Crippen LogP contribution < -0.4 is 4.74 Å². The van der Waals surface area contributed by atoms with Crippen LogP contribution in [0, 0.1) is 5.82 Å². The number of alkyl halides is 1. The highest BCUT2D eigenvalue weighted by Gasteiger charge is 2.17. The first-order valence-electron chi connectivity index (χ1n) is 5.26. The molecule has 0 radical (unpaired) electrons. The Balaban J connectivity index is 2.43. The Hall–Kier alpha value is -1.09. The fraction of sp³-hybridized carbons (Fsp3) is 0.417. The molecule has 1 aliphatic rings. The van der Waals surface area contributed by atoms with Gasteiger partial charge in [-0.05, 0) is 37.0 Å². The van der Waals surface area contributed by atoms with E-state index in [1.54, 1.807) is 6.07 Å². The number of fused-ring (bicyclic) bond motifs is 1. The number of ether oxygens (including phenoxy) is 1. The van der Waals surface area contributed by atoms with Gasteiger partial charge in [-0.25, -0.2) is 4.39 Å². The maximum atomic E-state index is 13.7. The second kappa shape index (κ2) is 4.83. The van der Waals surface area contributed by atoms with Gasteiger partial charge in [0, 0.05) is 5.56 Å². The summed E-state index contributed by atoms with van der Waals surface area (Å²) in [5.74, 6) is -0.553. The zero-order chi connectivity index (χ0) is 11.5. The summed E-state index contributed by atoms with van der Waals surface area (Å²) >= 11 is 5.45. The van der Waals surface area contributed by atoms with Crippen molar-refractivity contribution in [1.29, 1.82) is 0 Å². The van der Waals surface area contributed by atoms with E-state index >= 15 is 0 Å². The quantitative estimate of drug-likeness (QED) is 0.589. The van der Waals surface area contributed by atoms with Crippen molar-refractivity contribution in [2.75, 3.05) is 12.5 Å². The third kappa shape index (κ3) is 2.19. The van der Waals surface area contributed by atoms with Crippen LogP contribution in [0.3, 0.4) is 0 Å². The first kappa shape index (κ1) is 11.4. The Morgan fingerprint density at radius 1 is 1.44 bits per heavy atom. The highest BCUT2D eigenvalue weighted by Crippen LogP contribution is 2.29. The third-order valence-electron chi connectivity index (χ3n) is 2.65. The van der Waals surface area contributed by atoms with E-state index < -0.39 is 5.82 Å². The molecule has 86 valence electrons. The molecular formula is C12H12ClFO2. The topological polar surface area (TPSA) is 26.3 Å². The second-order valence-corrected chi connectivity index (χ2v) is 4.08. The second-order valence-electron chi connectivity index (χ2n) is 3.81. The first-order valence-corrected chi connectivity index (χ1v) is 5.80. The lowest BCUT2D eigenvalue weighted by Gasteiger charge is -2.09. The van der Waals surface area contributed by atoms with Gasteiger partial charge >= 0.3 is 0 Å². The van der Waals surface area contributed by atoms with Crippen LogP contribution in [0.1, 0.15) is 28.8 Å². The van der Waals surface area contributed by atoms with Crippen molar-refractivity contribution in [2.45, 2.75) is 19.3 Å². The van der Waals surface area contributed by atoms with E-state index in [2.05, 4.69) is 0 Å². The minimum absolute atomic E-state index is 0.126. The van der Waals surface area contributed by atoms with Crippen molar-refractivity contribution >= 4 is 17.4 Å². The number of ketones is 1. The number of halogens is 2. The molecule has 0 saturated carbocycles. The fourth-order valence-corrected chi connectivity index (χ4v) is 1.98. The Labute approximate surface area is 98.4 Å². The van der Waals surface area contributed by atoms with E-state index in [0.717, 1.165) is 24.8 Å². The molecule has 1 aliphatic heterocycles. The number of Topliss-reactive ketones (excluding diaryl/α,β-unsaturated/α-hetero) is 1. The van der Waals surface area contributed by atoms with Gasteiger partial charge in [0.05, 0.1) is 12.5 Å². The molecule has 16 heavy (non-hydrogen) atoms. The molecule has 0 unspecified atom stereocenters. The minimum Gasteiger partial charge on any atom is -0.490 e. The number of aryl methyl sites for hydroxylation is 1. The molecule has 0 N–H and O–H groups in total. The normalized spacial score (nSPS) is 14.9. The van der Waals surface area contributed by atoms with Crippen molar-refractivity contribution in [2.24, 2.45) is 0 Å². The molecule has 0 saturated heterocycles. The lowest BCUT2D eigenvalue weighted by Crippen LogP contribution is -2.04. The Morgan fingerprint density at radius 3 is 3.00 bits per heavy atom. The van der Waals surface area contributed by atoms with Crippen molar-refractivity contribution in [1.82, 2.24) is 0 Å². The van der Waals surface area contributed by atoms with Crippen molar-refractivity contribution in [3.8, 4) is 5.75 Å². The van der Waals surface area contributed by atoms with Gasteiger partial charge in [0.1, 0.15) is 0 Å². The number of hydrogen-bond acceptors (Lipinski definition) is 2. The summed E-state index contributed by atoms with van der Waals surface area (Å²) in [4.78, 5) is 11.4. The maximum absolute atomic E-state index is 13.7. The maximum Gasteiger partial charge on any atom is 0.177 e. The highest BCUT2D eigenvalue weighted by atomic mass is 35.5. The predicted octanol–water partition coefficient (Wildman–Crippen LogP) is 2.96. The molecule has 1 aromatic rings. The summed E-state index contributed by atoms with van der Waals surface area (Å²) in [6.07, 6.45) is 2.60. The van der Waals surface area contributed by atoms with E-state index in [1.165, 1.54) is 6.07 Å². The van der Waals surface area contributed by atoms with Crippen molar-refractivity contribution in [3.63, 3.8) is 0 Å². The predicted molar refractivity (Wildman–Crippen MR) is 59.9 cm³/mol. The highest BCUT2D eigenvalue weighted by molar-refractivity contribution is 6.30. The van der Waals surface area contributed by atoms with Gasteiger partial charge in [0.15, 0.2) is 17.3 Å². The van der Waals surface area contributed by atoms with Crippen LogP contribution in [0.5, 0.6) is 5.75 Å². The summed E-state index contributed by atoms with van der Waals surface area (Å²) < 4.78 is 19.0. The van der Waals surface area contributed by atoms with Crippen LogP contribution in [-0.4, -0.2) is 18.3 Å². The molecule has 0 aromatic heterocycles. The third-order valence-corrected chi connectivity index (χ3v) is 2.89. The summed E-state index contributed by atoms with van der Waals surface area (Å²) in [5, 5.41) is 0. The minimum atomic E-state index is -0.465. The number of rotatable bonds is 2. The molecule has 1 heterocycles. The molecule has 0 spiro atoms. The number of hydrogen-bond donors (Lipinski definition) is 0. The molecule has 2 nitrogen and oxygen atoms in total. The van der Waals surface area contributed by atoms with Crippen LogP contribution >= 0.6 is 11.6 Å². The SMILES string of the molecule is O=C(CCl)c1cc(F)c2c(c1)CCCCO2. The van der Waals surface area contributed by atoms with Crippen molar-refractivity contribution in [3.05, 3.63) is 29.1 Å². The van der Waals surface area contributed by atoms with Gasteiger partial charge < -0.3 is 4.74 Å². The van der Waals surface area contributed by atoms with Gasteiger partial charge in [0.25, 0.3) is 0 Å². The number of carbonyl (C=O) groups excluding carboxylic acids is 1. The van der Waals surface area contributed by atoms with E-state index in [4.69, 9.17) is 16.3 Å². The zero-order valence-corrected chi connectivity index (χ0v) is 9.52. The fourth-order valence-electron chi connectivity index (χ4n) is 1.83.